The minimum atomic E-state index is -0.210. The molecule has 0 unspecified atom stereocenters. The summed E-state index contributed by atoms with van der Waals surface area (Å²) in [5, 5.41) is 1.19. The van der Waals surface area contributed by atoms with E-state index in [1.165, 1.54) is 66.7 Å². The molecule has 0 spiro atoms. The number of allylic oxidation sites excluding steroid dienone is 7. The van der Waals surface area contributed by atoms with Crippen LogP contribution in [-0.2, 0) is 10.8 Å². The minimum absolute atomic E-state index is 0.00712. The molecule has 232 valence electrons. The molecule has 0 amide bonds. The molecule has 0 saturated heterocycles. The molecule has 2 nitrogen and oxygen atoms in total. The van der Waals surface area contributed by atoms with Gasteiger partial charge in [-0.05, 0) is 86.3 Å². The zero-order valence-electron chi connectivity index (χ0n) is 28.0. The van der Waals surface area contributed by atoms with Crippen molar-refractivity contribution in [2.24, 2.45) is 0 Å². The molecule has 0 fully saturated rings. The molecule has 2 aromatic heterocycles. The van der Waals surface area contributed by atoms with Gasteiger partial charge in [0, 0.05) is 33.5 Å². The Morgan fingerprint density at radius 3 is 2.15 bits per heavy atom. The molecule has 0 atom stereocenters. The number of rotatable bonds is 2. The lowest BCUT2D eigenvalue weighted by molar-refractivity contribution is 0.660. The zero-order valence-corrected chi connectivity index (χ0v) is 28.0. The van der Waals surface area contributed by atoms with E-state index < -0.39 is 0 Å². The SMILES string of the molecule is C=C1/C=C\C=C/CC2=C(c3c1c1ccccc1n3-c1ccc(-c3ccc4c(c3)-c3ccccc3C4(C)C)cn1)C(C)(C)c1ccccc12. The predicted molar refractivity (Wildman–Crippen MR) is 202 cm³/mol. The van der Waals surface area contributed by atoms with Crippen molar-refractivity contribution >= 4 is 27.6 Å². The van der Waals surface area contributed by atoms with E-state index in [9.17, 15) is 0 Å². The number of aromatic nitrogens is 2. The quantitative estimate of drug-likeness (QED) is 0.189. The van der Waals surface area contributed by atoms with Crippen molar-refractivity contribution in [1.82, 2.24) is 9.55 Å². The Morgan fingerprint density at radius 2 is 1.35 bits per heavy atom. The van der Waals surface area contributed by atoms with E-state index >= 15 is 0 Å². The average molecular weight is 619 g/mol. The van der Waals surface area contributed by atoms with Crippen molar-refractivity contribution in [2.45, 2.75) is 44.9 Å². The van der Waals surface area contributed by atoms with Crippen molar-refractivity contribution in [1.29, 1.82) is 0 Å². The monoisotopic (exact) mass is 618 g/mol. The third-order valence-corrected chi connectivity index (χ3v) is 11.0. The lowest BCUT2D eigenvalue weighted by atomic mass is 9.78. The summed E-state index contributed by atoms with van der Waals surface area (Å²) in [5.41, 5.74) is 17.5. The summed E-state index contributed by atoms with van der Waals surface area (Å²) in [6, 6.07) is 37.8. The lowest BCUT2D eigenvalue weighted by Crippen LogP contribution is -2.19. The Morgan fingerprint density at radius 1 is 0.667 bits per heavy atom. The van der Waals surface area contributed by atoms with Crippen LogP contribution in [0.3, 0.4) is 0 Å². The Hall–Kier alpha value is -5.47. The number of benzene rings is 4. The highest BCUT2D eigenvalue weighted by Crippen LogP contribution is 2.55. The minimum Gasteiger partial charge on any atom is -0.293 e. The normalized spacial score (nSPS) is 18.1. The van der Waals surface area contributed by atoms with Gasteiger partial charge in [-0.2, -0.15) is 0 Å². The van der Waals surface area contributed by atoms with E-state index in [0.29, 0.717) is 0 Å². The summed E-state index contributed by atoms with van der Waals surface area (Å²) in [7, 11) is 0. The van der Waals surface area contributed by atoms with Gasteiger partial charge in [0.15, 0.2) is 0 Å². The second-order valence-corrected chi connectivity index (χ2v) is 14.5. The second-order valence-electron chi connectivity index (χ2n) is 14.5. The van der Waals surface area contributed by atoms with Crippen molar-refractivity contribution in [3.8, 4) is 28.1 Å². The predicted octanol–water partition coefficient (Wildman–Crippen LogP) is 11.7. The molecule has 2 heterocycles. The first-order valence-corrected chi connectivity index (χ1v) is 17.0. The molecule has 9 rings (SSSR count). The van der Waals surface area contributed by atoms with E-state index in [-0.39, 0.29) is 10.8 Å². The van der Waals surface area contributed by atoms with Crippen LogP contribution in [0.1, 0.15) is 67.6 Å². The van der Waals surface area contributed by atoms with Crippen LogP contribution in [0.2, 0.25) is 0 Å². The Kier molecular flexibility index (Phi) is 6.14. The largest absolute Gasteiger partial charge is 0.293 e. The van der Waals surface area contributed by atoms with Crippen LogP contribution in [0.5, 0.6) is 0 Å². The maximum atomic E-state index is 5.23. The lowest BCUT2D eigenvalue weighted by Gasteiger charge is -2.27. The van der Waals surface area contributed by atoms with Gasteiger partial charge in [0.2, 0.25) is 0 Å². The number of fused-ring (bicyclic) bond motifs is 9. The maximum absolute atomic E-state index is 5.23. The maximum Gasteiger partial charge on any atom is 0.137 e. The van der Waals surface area contributed by atoms with Gasteiger partial charge in [-0.1, -0.05) is 137 Å². The van der Waals surface area contributed by atoms with Gasteiger partial charge in [0.1, 0.15) is 5.82 Å². The topological polar surface area (TPSA) is 17.8 Å². The average Bonchev–Trinajstić information content (AvgIpc) is 3.64. The Bertz CT molecular complexity index is 2420. The summed E-state index contributed by atoms with van der Waals surface area (Å²) in [4.78, 5) is 5.23. The molecular formula is C46H38N2. The van der Waals surface area contributed by atoms with Crippen molar-refractivity contribution in [3.05, 3.63) is 174 Å². The van der Waals surface area contributed by atoms with Gasteiger partial charge in [0.05, 0.1) is 11.2 Å². The highest BCUT2D eigenvalue weighted by atomic mass is 15.1. The van der Waals surface area contributed by atoms with Crippen LogP contribution in [0.15, 0.2) is 140 Å². The van der Waals surface area contributed by atoms with Crippen molar-refractivity contribution in [2.75, 3.05) is 0 Å². The van der Waals surface area contributed by atoms with Crippen LogP contribution in [0, 0.1) is 0 Å². The van der Waals surface area contributed by atoms with Crippen molar-refractivity contribution < 1.29 is 0 Å². The molecule has 0 aliphatic heterocycles. The second kappa shape index (κ2) is 10.3. The molecule has 4 aromatic carbocycles. The van der Waals surface area contributed by atoms with Crippen LogP contribution >= 0.6 is 0 Å². The fourth-order valence-electron chi connectivity index (χ4n) is 8.74. The van der Waals surface area contributed by atoms with Gasteiger partial charge in [-0.25, -0.2) is 4.98 Å². The highest BCUT2D eigenvalue weighted by molar-refractivity contribution is 6.09. The number of pyridine rings is 1. The molecule has 3 aliphatic rings. The van der Waals surface area contributed by atoms with Gasteiger partial charge in [-0.15, -0.1) is 0 Å². The van der Waals surface area contributed by atoms with E-state index in [4.69, 9.17) is 4.98 Å². The third-order valence-electron chi connectivity index (χ3n) is 11.0. The van der Waals surface area contributed by atoms with Crippen LogP contribution in [-0.4, -0.2) is 9.55 Å². The smallest absolute Gasteiger partial charge is 0.137 e. The highest BCUT2D eigenvalue weighted by Gasteiger charge is 2.41. The summed E-state index contributed by atoms with van der Waals surface area (Å²) in [6.07, 6.45) is 11.6. The molecule has 0 bridgehead atoms. The molecule has 0 radical (unpaired) electrons. The number of hydrogen-bond acceptors (Lipinski definition) is 1. The molecular weight excluding hydrogens is 581 g/mol. The molecule has 48 heavy (non-hydrogen) atoms. The number of para-hydroxylation sites is 1. The third kappa shape index (κ3) is 3.96. The molecule has 2 heteroatoms. The van der Waals surface area contributed by atoms with Crippen LogP contribution < -0.4 is 0 Å². The fraction of sp³-hybridized carbons (Fsp3) is 0.152. The summed E-state index contributed by atoms with van der Waals surface area (Å²) in [6.45, 7) is 14.0. The molecule has 0 N–H and O–H groups in total. The van der Waals surface area contributed by atoms with E-state index in [1.54, 1.807) is 0 Å². The number of nitrogens with zero attached hydrogens (tertiary/aromatic N) is 2. The molecule has 3 aliphatic carbocycles. The summed E-state index contributed by atoms with van der Waals surface area (Å²) in [5.74, 6) is 0.909. The number of hydrogen-bond donors (Lipinski definition) is 0. The first-order valence-electron chi connectivity index (χ1n) is 17.0. The Labute approximate surface area is 283 Å². The van der Waals surface area contributed by atoms with Gasteiger partial charge < -0.3 is 0 Å². The molecule has 0 saturated carbocycles. The van der Waals surface area contributed by atoms with Gasteiger partial charge >= 0.3 is 0 Å². The standard InChI is InChI=1S/C46H38N2/c1-29-15-7-6-8-18-34-32-16-9-13-21-38(32)46(4,5)43(34)44-42(29)35-19-11-14-22-40(35)48(44)41-26-24-31(28-47-41)30-23-25-39-36(27-30)33-17-10-12-20-37(33)45(39,2)3/h6-17,19-28H,1,18H2,2-5H3/b8-6-,15-7-. The van der Waals surface area contributed by atoms with Gasteiger partial charge in [0.25, 0.3) is 0 Å². The zero-order chi connectivity index (χ0) is 32.8. The Balaban J connectivity index is 1.25. The first kappa shape index (κ1) is 28.7. The van der Waals surface area contributed by atoms with Crippen LogP contribution in [0.25, 0.3) is 55.7 Å². The van der Waals surface area contributed by atoms with Gasteiger partial charge in [-0.3, -0.25) is 4.57 Å². The van der Waals surface area contributed by atoms with Crippen molar-refractivity contribution in [3.63, 3.8) is 0 Å². The van der Waals surface area contributed by atoms with E-state index in [1.807, 2.05) is 6.20 Å². The van der Waals surface area contributed by atoms with E-state index in [0.717, 1.165) is 28.9 Å². The summed E-state index contributed by atoms with van der Waals surface area (Å²) < 4.78 is 2.39. The molecule has 6 aromatic rings. The van der Waals surface area contributed by atoms with Crippen LogP contribution in [0.4, 0.5) is 0 Å². The van der Waals surface area contributed by atoms with E-state index in [2.05, 4.69) is 166 Å². The first-order chi connectivity index (χ1) is 23.3. The summed E-state index contributed by atoms with van der Waals surface area (Å²) >= 11 is 0. The fourth-order valence-corrected chi connectivity index (χ4v) is 8.74.